The minimum absolute atomic E-state index is 0.0790. The summed E-state index contributed by atoms with van der Waals surface area (Å²) in [5.74, 6) is 0.976. The monoisotopic (exact) mass is 478 g/mol. The molecule has 2 amide bonds. The molecule has 1 aliphatic heterocycles. The first-order valence-electron chi connectivity index (χ1n) is 10.9. The van der Waals surface area contributed by atoms with Crippen molar-refractivity contribution in [2.45, 2.75) is 25.1 Å². The van der Waals surface area contributed by atoms with Gasteiger partial charge in [-0.3, -0.25) is 9.59 Å². The van der Waals surface area contributed by atoms with Crippen LogP contribution in [0.2, 0.25) is 0 Å². The van der Waals surface area contributed by atoms with E-state index in [-0.39, 0.29) is 22.9 Å². The summed E-state index contributed by atoms with van der Waals surface area (Å²) in [5, 5.41) is 8.89. The predicted molar refractivity (Wildman–Crippen MR) is 134 cm³/mol. The number of hydrazone groups is 1. The van der Waals surface area contributed by atoms with Gasteiger partial charge in [0.05, 0.1) is 31.7 Å². The number of carbonyl (C=O) groups excluding carboxylic acids is 2. The van der Waals surface area contributed by atoms with E-state index >= 15 is 0 Å². The maximum absolute atomic E-state index is 12.9. The number of amides is 2. The van der Waals surface area contributed by atoms with Crippen molar-refractivity contribution >= 4 is 34.3 Å². The number of para-hydroxylation sites is 1. The first-order chi connectivity index (χ1) is 16.5. The van der Waals surface area contributed by atoms with Gasteiger partial charge in [-0.2, -0.15) is 5.10 Å². The molecule has 4 rings (SSSR count). The predicted octanol–water partition coefficient (Wildman–Crippen LogP) is 5.14. The summed E-state index contributed by atoms with van der Waals surface area (Å²) in [5.41, 5.74) is 3.52. The molecule has 1 aromatic heterocycles. The van der Waals surface area contributed by atoms with Gasteiger partial charge in [-0.25, -0.2) is 5.01 Å². The van der Waals surface area contributed by atoms with Crippen molar-refractivity contribution in [1.29, 1.82) is 0 Å². The number of nitrogens with one attached hydrogen (secondary N) is 2. The maximum Gasteiger partial charge on any atom is 0.302 e. The molecule has 2 N–H and O–H groups in total. The molecule has 0 saturated heterocycles. The molecule has 2 aromatic carbocycles. The van der Waals surface area contributed by atoms with Crippen molar-refractivity contribution in [3.63, 3.8) is 0 Å². The number of aromatic amines is 1. The third-order valence-corrected chi connectivity index (χ3v) is 6.72. The molecule has 1 aliphatic rings. The number of H-pyrrole nitrogens is 1. The van der Waals surface area contributed by atoms with Gasteiger partial charge in [0.1, 0.15) is 5.69 Å². The Balaban J connectivity index is 1.63. The lowest BCUT2D eigenvalue weighted by molar-refractivity contribution is 0.102. The Morgan fingerprint density at radius 2 is 1.91 bits per heavy atom. The standard InChI is InChI=1S/C25H26N4O4S/c1-4-22-23(16-11-12-20(32-2)21(14-16)33-3)28-29(25(31)34-22)15-17-8-5-6-9-18(17)27-24(30)19-10-7-13-26-19/h5-14,22,26H,4,15H2,1-3H3,(H,27,30). The molecule has 1 unspecified atom stereocenters. The second-order valence-electron chi connectivity index (χ2n) is 7.59. The van der Waals surface area contributed by atoms with E-state index < -0.39 is 0 Å². The second kappa shape index (κ2) is 10.5. The van der Waals surface area contributed by atoms with Crippen molar-refractivity contribution in [3.05, 3.63) is 77.6 Å². The molecule has 0 radical (unpaired) electrons. The highest BCUT2D eigenvalue weighted by molar-refractivity contribution is 8.14. The van der Waals surface area contributed by atoms with E-state index in [1.807, 2.05) is 49.4 Å². The third kappa shape index (κ3) is 4.94. The highest BCUT2D eigenvalue weighted by atomic mass is 32.2. The zero-order valence-electron chi connectivity index (χ0n) is 19.2. The van der Waals surface area contributed by atoms with Gasteiger partial charge in [0.15, 0.2) is 11.5 Å². The van der Waals surface area contributed by atoms with Gasteiger partial charge < -0.3 is 19.8 Å². The fraction of sp³-hybridized carbons (Fsp3) is 0.240. The first kappa shape index (κ1) is 23.4. The van der Waals surface area contributed by atoms with E-state index in [0.717, 1.165) is 23.3 Å². The van der Waals surface area contributed by atoms with E-state index in [1.165, 1.54) is 16.8 Å². The Morgan fingerprint density at radius 1 is 1.12 bits per heavy atom. The number of aromatic nitrogens is 1. The fourth-order valence-corrected chi connectivity index (χ4v) is 4.62. The molecule has 34 heavy (non-hydrogen) atoms. The molecule has 8 nitrogen and oxygen atoms in total. The molecule has 0 aliphatic carbocycles. The van der Waals surface area contributed by atoms with Crippen molar-refractivity contribution < 1.29 is 19.1 Å². The lowest BCUT2D eigenvalue weighted by Crippen LogP contribution is -2.35. The summed E-state index contributed by atoms with van der Waals surface area (Å²) in [7, 11) is 3.18. The maximum atomic E-state index is 12.9. The van der Waals surface area contributed by atoms with Gasteiger partial charge >= 0.3 is 5.24 Å². The van der Waals surface area contributed by atoms with E-state index in [0.29, 0.717) is 22.9 Å². The minimum atomic E-state index is -0.252. The Bertz CT molecular complexity index is 1210. The average Bonchev–Trinajstić information content (AvgIpc) is 3.41. The summed E-state index contributed by atoms with van der Waals surface area (Å²) in [6, 6.07) is 16.5. The molecule has 9 heteroatoms. The van der Waals surface area contributed by atoms with Crippen LogP contribution in [0.1, 0.15) is 35.0 Å². The number of hydrogen-bond donors (Lipinski definition) is 2. The molecule has 0 spiro atoms. The third-order valence-electron chi connectivity index (χ3n) is 5.47. The van der Waals surface area contributed by atoms with Crippen LogP contribution in [0.15, 0.2) is 65.9 Å². The van der Waals surface area contributed by atoms with Crippen LogP contribution in [-0.2, 0) is 6.54 Å². The van der Waals surface area contributed by atoms with Crippen LogP contribution in [-0.4, -0.2) is 46.3 Å². The number of nitrogens with zero attached hydrogens (tertiary/aromatic N) is 2. The second-order valence-corrected chi connectivity index (χ2v) is 8.74. The number of rotatable bonds is 8. The van der Waals surface area contributed by atoms with Crippen LogP contribution in [0, 0.1) is 0 Å². The van der Waals surface area contributed by atoms with Gasteiger partial charge in [-0.1, -0.05) is 36.9 Å². The van der Waals surface area contributed by atoms with Gasteiger partial charge in [-0.15, -0.1) is 0 Å². The van der Waals surface area contributed by atoms with Crippen molar-refractivity contribution in [2.75, 3.05) is 19.5 Å². The summed E-state index contributed by atoms with van der Waals surface area (Å²) in [6.45, 7) is 2.25. The molecule has 0 fully saturated rings. The van der Waals surface area contributed by atoms with E-state index in [4.69, 9.17) is 14.6 Å². The Kier molecular flexibility index (Phi) is 7.22. The molecule has 0 saturated carbocycles. The fourth-order valence-electron chi connectivity index (χ4n) is 3.69. The van der Waals surface area contributed by atoms with Crippen LogP contribution in [0.5, 0.6) is 11.5 Å². The van der Waals surface area contributed by atoms with Crippen LogP contribution in [0.25, 0.3) is 0 Å². The number of carbonyl (C=O) groups is 2. The molecule has 0 bridgehead atoms. The lowest BCUT2D eigenvalue weighted by atomic mass is 10.0. The first-order valence-corrected chi connectivity index (χ1v) is 11.7. The summed E-state index contributed by atoms with van der Waals surface area (Å²) >= 11 is 1.25. The normalized spacial score (nSPS) is 15.6. The van der Waals surface area contributed by atoms with Gasteiger partial charge in [-0.05, 0) is 48.4 Å². The van der Waals surface area contributed by atoms with Crippen LogP contribution < -0.4 is 14.8 Å². The smallest absolute Gasteiger partial charge is 0.302 e. The van der Waals surface area contributed by atoms with Gasteiger partial charge in [0.25, 0.3) is 5.91 Å². The Labute approximate surface area is 202 Å². The van der Waals surface area contributed by atoms with Crippen LogP contribution in [0.4, 0.5) is 10.5 Å². The lowest BCUT2D eigenvalue weighted by Gasteiger charge is -2.29. The number of hydrogen-bond acceptors (Lipinski definition) is 6. The topological polar surface area (TPSA) is 96.0 Å². The largest absolute Gasteiger partial charge is 0.493 e. The van der Waals surface area contributed by atoms with Crippen LogP contribution in [0.3, 0.4) is 0 Å². The van der Waals surface area contributed by atoms with Gasteiger partial charge in [0.2, 0.25) is 0 Å². The van der Waals surface area contributed by atoms with Crippen molar-refractivity contribution in [2.24, 2.45) is 5.10 Å². The summed E-state index contributed by atoms with van der Waals surface area (Å²) in [4.78, 5) is 28.4. The summed E-state index contributed by atoms with van der Waals surface area (Å²) < 4.78 is 10.8. The number of methoxy groups -OCH3 is 2. The van der Waals surface area contributed by atoms with E-state index in [1.54, 1.807) is 32.5 Å². The van der Waals surface area contributed by atoms with Crippen molar-refractivity contribution in [3.8, 4) is 11.5 Å². The highest BCUT2D eigenvalue weighted by Crippen LogP contribution is 2.34. The molecule has 3 aromatic rings. The number of anilines is 1. The zero-order chi connectivity index (χ0) is 24.1. The summed E-state index contributed by atoms with van der Waals surface area (Å²) in [6.07, 6.45) is 2.44. The van der Waals surface area contributed by atoms with Crippen molar-refractivity contribution in [1.82, 2.24) is 9.99 Å². The van der Waals surface area contributed by atoms with Crippen LogP contribution >= 0.6 is 11.8 Å². The zero-order valence-corrected chi connectivity index (χ0v) is 20.0. The molecule has 2 heterocycles. The average molecular weight is 479 g/mol. The number of thioether (sulfide) groups is 1. The highest BCUT2D eigenvalue weighted by Gasteiger charge is 2.31. The quantitative estimate of drug-likeness (QED) is 0.468. The van der Waals surface area contributed by atoms with Gasteiger partial charge in [0, 0.05) is 17.4 Å². The minimum Gasteiger partial charge on any atom is -0.493 e. The molecule has 176 valence electrons. The molecular formula is C25H26N4O4S. The number of benzene rings is 2. The Morgan fingerprint density at radius 3 is 2.62 bits per heavy atom. The molecular weight excluding hydrogens is 452 g/mol. The van der Waals surface area contributed by atoms with E-state index in [9.17, 15) is 9.59 Å². The van der Waals surface area contributed by atoms with E-state index in [2.05, 4.69) is 10.3 Å². The number of ether oxygens (including phenoxy) is 2. The SMILES string of the molecule is CCC1SC(=O)N(Cc2ccccc2NC(=O)c2ccc[nH]2)N=C1c1ccc(OC)c(OC)c1. The molecule has 1 atom stereocenters. The Hall–Kier alpha value is -3.72.